The number of unbranched alkanes of at least 4 members (excludes halogenated alkanes) is 3. The van der Waals surface area contributed by atoms with E-state index >= 15 is 0 Å². The fourth-order valence-electron chi connectivity index (χ4n) is 1.56. The number of anilines is 1. The molecule has 0 bridgehead atoms. The van der Waals surface area contributed by atoms with Gasteiger partial charge in [0.25, 0.3) is 0 Å². The van der Waals surface area contributed by atoms with Crippen LogP contribution in [0.15, 0.2) is 6.07 Å². The van der Waals surface area contributed by atoms with Crippen molar-refractivity contribution in [2.45, 2.75) is 46.5 Å². The van der Waals surface area contributed by atoms with Crippen LogP contribution in [0.2, 0.25) is 0 Å². The Kier molecular flexibility index (Phi) is 5.08. The monoisotopic (exact) mass is 207 g/mol. The van der Waals surface area contributed by atoms with Crippen molar-refractivity contribution in [3.63, 3.8) is 0 Å². The second-order valence-corrected chi connectivity index (χ2v) is 3.96. The van der Waals surface area contributed by atoms with Gasteiger partial charge in [0.05, 0.1) is 0 Å². The first-order valence-corrected chi connectivity index (χ1v) is 5.78. The molecule has 3 heteroatoms. The predicted octanol–water partition coefficient (Wildman–Crippen LogP) is 3.09. The lowest BCUT2D eigenvalue weighted by Crippen LogP contribution is -2.06. The van der Waals surface area contributed by atoms with E-state index < -0.39 is 0 Å². The van der Waals surface area contributed by atoms with Crippen LogP contribution in [0.25, 0.3) is 0 Å². The Morgan fingerprint density at radius 3 is 2.33 bits per heavy atom. The molecule has 1 N–H and O–H groups in total. The van der Waals surface area contributed by atoms with Gasteiger partial charge in [-0.1, -0.05) is 26.2 Å². The van der Waals surface area contributed by atoms with Crippen LogP contribution < -0.4 is 5.32 Å². The van der Waals surface area contributed by atoms with Crippen LogP contribution in [-0.2, 0) is 0 Å². The van der Waals surface area contributed by atoms with Crippen molar-refractivity contribution in [1.29, 1.82) is 0 Å². The average molecular weight is 207 g/mol. The van der Waals surface area contributed by atoms with Gasteiger partial charge in [-0.3, -0.25) is 0 Å². The van der Waals surface area contributed by atoms with Crippen LogP contribution in [-0.4, -0.2) is 16.5 Å². The first-order valence-electron chi connectivity index (χ1n) is 5.78. The maximum atomic E-state index is 4.33. The van der Waals surface area contributed by atoms with Gasteiger partial charge in [0.15, 0.2) is 0 Å². The van der Waals surface area contributed by atoms with E-state index in [1.54, 1.807) is 0 Å². The smallest absolute Gasteiger partial charge is 0.223 e. The summed E-state index contributed by atoms with van der Waals surface area (Å²) in [6, 6.07) is 1.99. The Hall–Kier alpha value is -1.12. The summed E-state index contributed by atoms with van der Waals surface area (Å²) in [5, 5.41) is 3.26. The lowest BCUT2D eigenvalue weighted by Gasteiger charge is -2.05. The van der Waals surface area contributed by atoms with Crippen molar-refractivity contribution >= 4 is 5.95 Å². The van der Waals surface area contributed by atoms with Crippen molar-refractivity contribution < 1.29 is 0 Å². The molecular weight excluding hydrogens is 186 g/mol. The van der Waals surface area contributed by atoms with E-state index in [-0.39, 0.29) is 0 Å². The number of hydrogen-bond donors (Lipinski definition) is 1. The maximum Gasteiger partial charge on any atom is 0.223 e. The van der Waals surface area contributed by atoms with Crippen molar-refractivity contribution in [3.8, 4) is 0 Å². The quantitative estimate of drug-likeness (QED) is 0.728. The molecule has 0 aliphatic heterocycles. The van der Waals surface area contributed by atoms with Crippen LogP contribution >= 0.6 is 0 Å². The summed E-state index contributed by atoms with van der Waals surface area (Å²) in [6.07, 6.45) is 5.08. The van der Waals surface area contributed by atoms with Gasteiger partial charge < -0.3 is 5.32 Å². The van der Waals surface area contributed by atoms with Gasteiger partial charge in [0.2, 0.25) is 5.95 Å². The minimum Gasteiger partial charge on any atom is -0.354 e. The highest BCUT2D eigenvalue weighted by molar-refractivity contribution is 5.27. The molecule has 3 nitrogen and oxygen atoms in total. The fraction of sp³-hybridized carbons (Fsp3) is 0.667. The Bertz CT molecular complexity index is 277. The molecule has 0 fully saturated rings. The number of hydrogen-bond acceptors (Lipinski definition) is 3. The summed E-state index contributed by atoms with van der Waals surface area (Å²) in [5.41, 5.74) is 2.05. The molecule has 84 valence electrons. The molecule has 1 rings (SSSR count). The SMILES string of the molecule is CCCCCCNc1nc(C)cc(C)n1. The minimum atomic E-state index is 0.768. The third-order valence-corrected chi connectivity index (χ3v) is 2.30. The summed E-state index contributed by atoms with van der Waals surface area (Å²) in [4.78, 5) is 8.66. The molecule has 0 spiro atoms. The number of rotatable bonds is 6. The molecule has 0 aromatic carbocycles. The van der Waals surface area contributed by atoms with E-state index in [0.717, 1.165) is 23.9 Å². The van der Waals surface area contributed by atoms with E-state index in [2.05, 4.69) is 22.2 Å². The molecule has 0 radical (unpaired) electrons. The predicted molar refractivity (Wildman–Crippen MR) is 64.1 cm³/mol. The topological polar surface area (TPSA) is 37.8 Å². The van der Waals surface area contributed by atoms with Crippen LogP contribution in [0, 0.1) is 13.8 Å². The van der Waals surface area contributed by atoms with E-state index in [1.165, 1.54) is 25.7 Å². The highest BCUT2D eigenvalue weighted by Gasteiger charge is 1.97. The normalized spacial score (nSPS) is 10.3. The van der Waals surface area contributed by atoms with Gasteiger partial charge in [-0.2, -0.15) is 0 Å². The highest BCUT2D eigenvalue weighted by atomic mass is 15.1. The number of aryl methyl sites for hydroxylation is 2. The Balaban J connectivity index is 2.31. The van der Waals surface area contributed by atoms with Crippen molar-refractivity contribution in [2.24, 2.45) is 0 Å². The molecule has 0 aliphatic rings. The molecule has 15 heavy (non-hydrogen) atoms. The molecule has 1 heterocycles. The zero-order chi connectivity index (χ0) is 11.1. The zero-order valence-corrected chi connectivity index (χ0v) is 10.0. The minimum absolute atomic E-state index is 0.768. The Morgan fingerprint density at radius 1 is 1.07 bits per heavy atom. The van der Waals surface area contributed by atoms with E-state index in [4.69, 9.17) is 0 Å². The van der Waals surface area contributed by atoms with Gasteiger partial charge in [0, 0.05) is 17.9 Å². The van der Waals surface area contributed by atoms with Crippen molar-refractivity contribution in [3.05, 3.63) is 17.5 Å². The highest BCUT2D eigenvalue weighted by Crippen LogP contribution is 2.04. The molecule has 0 atom stereocenters. The maximum absolute atomic E-state index is 4.33. The third kappa shape index (κ3) is 4.77. The summed E-state index contributed by atoms with van der Waals surface area (Å²) < 4.78 is 0. The van der Waals surface area contributed by atoms with Gasteiger partial charge in [-0.05, 0) is 26.3 Å². The van der Waals surface area contributed by atoms with Gasteiger partial charge >= 0.3 is 0 Å². The van der Waals surface area contributed by atoms with Crippen LogP contribution in [0.5, 0.6) is 0 Å². The van der Waals surface area contributed by atoms with Gasteiger partial charge in [-0.25, -0.2) is 9.97 Å². The average Bonchev–Trinajstić information content (AvgIpc) is 2.16. The summed E-state index contributed by atoms with van der Waals surface area (Å²) >= 11 is 0. The molecule has 0 amide bonds. The molecule has 1 aromatic rings. The van der Waals surface area contributed by atoms with Crippen molar-refractivity contribution in [2.75, 3.05) is 11.9 Å². The van der Waals surface area contributed by atoms with Crippen LogP contribution in [0.1, 0.15) is 44.0 Å². The number of nitrogens with zero attached hydrogens (tertiary/aromatic N) is 2. The third-order valence-electron chi connectivity index (χ3n) is 2.30. The largest absolute Gasteiger partial charge is 0.354 e. The van der Waals surface area contributed by atoms with Crippen LogP contribution in [0.3, 0.4) is 0 Å². The van der Waals surface area contributed by atoms with Crippen molar-refractivity contribution in [1.82, 2.24) is 9.97 Å². The molecule has 0 saturated heterocycles. The number of aromatic nitrogens is 2. The Morgan fingerprint density at radius 2 is 1.73 bits per heavy atom. The van der Waals surface area contributed by atoms with Gasteiger partial charge in [-0.15, -0.1) is 0 Å². The first-order chi connectivity index (χ1) is 7.22. The molecule has 0 aliphatic carbocycles. The fourth-order valence-corrected chi connectivity index (χ4v) is 1.56. The number of nitrogens with one attached hydrogen (secondary N) is 1. The van der Waals surface area contributed by atoms with E-state index in [0.29, 0.717) is 0 Å². The molecule has 1 aromatic heterocycles. The lowest BCUT2D eigenvalue weighted by atomic mass is 10.2. The Labute approximate surface area is 92.3 Å². The lowest BCUT2D eigenvalue weighted by molar-refractivity contribution is 0.683. The zero-order valence-electron chi connectivity index (χ0n) is 10.0. The second kappa shape index (κ2) is 6.38. The van der Waals surface area contributed by atoms with E-state index in [9.17, 15) is 0 Å². The van der Waals surface area contributed by atoms with E-state index in [1.807, 2.05) is 19.9 Å². The summed E-state index contributed by atoms with van der Waals surface area (Å²) in [7, 11) is 0. The summed E-state index contributed by atoms with van der Waals surface area (Å²) in [5.74, 6) is 0.768. The molecule has 0 saturated carbocycles. The molecular formula is C12H21N3. The summed E-state index contributed by atoms with van der Waals surface area (Å²) in [6.45, 7) is 7.19. The van der Waals surface area contributed by atoms with Crippen LogP contribution in [0.4, 0.5) is 5.95 Å². The molecule has 0 unspecified atom stereocenters. The standard InChI is InChI=1S/C12H21N3/c1-4-5-6-7-8-13-12-14-10(2)9-11(3)15-12/h9H,4-8H2,1-3H3,(H,13,14,15). The van der Waals surface area contributed by atoms with Gasteiger partial charge in [0.1, 0.15) is 0 Å². The first kappa shape index (κ1) is 12.0. The second-order valence-electron chi connectivity index (χ2n) is 3.96.